The SMILES string of the molecule is O=C1CC(c2cn(-c3ccccc3)nc2-c2ccccc2)Oc2c1ccc1ccccc21. The predicted octanol–water partition coefficient (Wildman–Crippen LogP) is 6.40. The zero-order valence-corrected chi connectivity index (χ0v) is 17.3. The number of benzene rings is 4. The van der Waals surface area contributed by atoms with Gasteiger partial charge in [0, 0.05) is 22.7 Å². The average Bonchev–Trinajstić information content (AvgIpc) is 3.31. The van der Waals surface area contributed by atoms with Crippen molar-refractivity contribution in [2.75, 3.05) is 0 Å². The van der Waals surface area contributed by atoms with E-state index in [0.29, 0.717) is 11.3 Å². The Morgan fingerprint density at radius 3 is 2.34 bits per heavy atom. The van der Waals surface area contributed by atoms with Crippen LogP contribution in [0.15, 0.2) is 103 Å². The average molecular weight is 416 g/mol. The summed E-state index contributed by atoms with van der Waals surface area (Å²) in [6.45, 7) is 0. The number of ketones is 1. The van der Waals surface area contributed by atoms with Crippen molar-refractivity contribution in [1.82, 2.24) is 9.78 Å². The standard InChI is InChI=1S/C28H20N2O2/c31-25-17-26(32-28-22-14-8-7-9-19(22)15-16-23(25)28)24-18-30(21-12-5-2-6-13-21)29-27(24)20-10-3-1-4-11-20/h1-16,18,26H,17H2. The molecule has 0 radical (unpaired) electrons. The Hall–Kier alpha value is -4.18. The van der Waals surface area contributed by atoms with E-state index in [1.54, 1.807) is 0 Å². The number of Topliss-reactive ketones (excluding diaryl/α,β-unsaturated/α-hetero) is 1. The van der Waals surface area contributed by atoms with Crippen LogP contribution in [0.3, 0.4) is 0 Å². The lowest BCUT2D eigenvalue weighted by Gasteiger charge is -2.26. The van der Waals surface area contributed by atoms with Gasteiger partial charge in [0.15, 0.2) is 5.78 Å². The lowest BCUT2D eigenvalue weighted by Crippen LogP contribution is -2.20. The van der Waals surface area contributed by atoms with Crippen molar-refractivity contribution in [3.63, 3.8) is 0 Å². The van der Waals surface area contributed by atoms with Gasteiger partial charge in [-0.15, -0.1) is 0 Å². The highest BCUT2D eigenvalue weighted by molar-refractivity contribution is 6.06. The van der Waals surface area contributed by atoms with Crippen molar-refractivity contribution >= 4 is 16.6 Å². The molecule has 0 N–H and O–H groups in total. The van der Waals surface area contributed by atoms with E-state index in [-0.39, 0.29) is 12.2 Å². The maximum Gasteiger partial charge on any atom is 0.170 e. The van der Waals surface area contributed by atoms with E-state index in [0.717, 1.165) is 33.3 Å². The summed E-state index contributed by atoms with van der Waals surface area (Å²) in [5.74, 6) is 0.754. The summed E-state index contributed by atoms with van der Waals surface area (Å²) in [5, 5.41) is 6.91. The molecule has 6 rings (SSSR count). The minimum Gasteiger partial charge on any atom is -0.484 e. The van der Waals surface area contributed by atoms with Gasteiger partial charge in [0.05, 0.1) is 23.4 Å². The van der Waals surface area contributed by atoms with Gasteiger partial charge in [-0.3, -0.25) is 4.79 Å². The van der Waals surface area contributed by atoms with Gasteiger partial charge in [-0.25, -0.2) is 4.68 Å². The van der Waals surface area contributed by atoms with Gasteiger partial charge in [0.25, 0.3) is 0 Å². The molecule has 0 amide bonds. The number of ether oxygens (including phenoxy) is 1. The highest BCUT2D eigenvalue weighted by Crippen LogP contribution is 2.42. The molecule has 154 valence electrons. The molecule has 0 fully saturated rings. The topological polar surface area (TPSA) is 44.1 Å². The summed E-state index contributed by atoms with van der Waals surface area (Å²) in [5.41, 5.74) is 4.35. The summed E-state index contributed by atoms with van der Waals surface area (Å²) in [7, 11) is 0. The molecule has 4 aromatic carbocycles. The molecule has 0 spiro atoms. The van der Waals surface area contributed by atoms with Crippen LogP contribution in [0.25, 0.3) is 27.7 Å². The molecule has 0 saturated carbocycles. The lowest BCUT2D eigenvalue weighted by molar-refractivity contribution is 0.0854. The zero-order valence-electron chi connectivity index (χ0n) is 17.3. The Balaban J connectivity index is 1.50. The van der Waals surface area contributed by atoms with Gasteiger partial charge in [0.1, 0.15) is 11.9 Å². The predicted molar refractivity (Wildman–Crippen MR) is 125 cm³/mol. The number of aromatic nitrogens is 2. The number of hydrogen-bond donors (Lipinski definition) is 0. The van der Waals surface area contributed by atoms with E-state index in [1.165, 1.54) is 0 Å². The summed E-state index contributed by atoms with van der Waals surface area (Å²) in [6.07, 6.45) is 1.87. The molecule has 1 atom stereocenters. The lowest BCUT2D eigenvalue weighted by atomic mass is 9.93. The Morgan fingerprint density at radius 2 is 1.53 bits per heavy atom. The molecule has 1 aliphatic heterocycles. The minimum atomic E-state index is -0.409. The summed E-state index contributed by atoms with van der Waals surface area (Å²) >= 11 is 0. The normalized spacial score (nSPS) is 15.4. The quantitative estimate of drug-likeness (QED) is 0.342. The molecule has 4 nitrogen and oxygen atoms in total. The van der Waals surface area contributed by atoms with Crippen LogP contribution < -0.4 is 4.74 Å². The van der Waals surface area contributed by atoms with Crippen LogP contribution in [-0.2, 0) is 0 Å². The minimum absolute atomic E-state index is 0.0912. The van der Waals surface area contributed by atoms with Crippen LogP contribution >= 0.6 is 0 Å². The van der Waals surface area contributed by atoms with Crippen LogP contribution in [0, 0.1) is 0 Å². The van der Waals surface area contributed by atoms with Crippen molar-refractivity contribution < 1.29 is 9.53 Å². The van der Waals surface area contributed by atoms with Gasteiger partial charge in [-0.2, -0.15) is 5.10 Å². The van der Waals surface area contributed by atoms with E-state index >= 15 is 0 Å². The molecule has 5 aromatic rings. The van der Waals surface area contributed by atoms with Crippen LogP contribution in [0.1, 0.15) is 28.4 Å². The molecule has 1 aromatic heterocycles. The van der Waals surface area contributed by atoms with Gasteiger partial charge >= 0.3 is 0 Å². The van der Waals surface area contributed by atoms with Crippen molar-refractivity contribution in [2.45, 2.75) is 12.5 Å². The van der Waals surface area contributed by atoms with Gasteiger partial charge < -0.3 is 4.74 Å². The Bertz CT molecular complexity index is 1440. The molecule has 1 unspecified atom stereocenters. The second-order valence-electron chi connectivity index (χ2n) is 7.98. The maximum absolute atomic E-state index is 13.1. The van der Waals surface area contributed by atoms with E-state index in [9.17, 15) is 4.79 Å². The van der Waals surface area contributed by atoms with Crippen LogP contribution in [0.4, 0.5) is 0 Å². The van der Waals surface area contributed by atoms with Crippen molar-refractivity contribution in [1.29, 1.82) is 0 Å². The second kappa shape index (κ2) is 7.50. The monoisotopic (exact) mass is 416 g/mol. The highest BCUT2D eigenvalue weighted by Gasteiger charge is 2.32. The number of nitrogens with zero attached hydrogens (tertiary/aromatic N) is 2. The van der Waals surface area contributed by atoms with Crippen molar-refractivity contribution in [3.8, 4) is 22.7 Å². The first kappa shape index (κ1) is 18.6. The first-order chi connectivity index (χ1) is 15.8. The van der Waals surface area contributed by atoms with Gasteiger partial charge in [-0.05, 0) is 23.6 Å². The third kappa shape index (κ3) is 3.08. The van der Waals surface area contributed by atoms with E-state index in [2.05, 4.69) is 0 Å². The molecule has 0 bridgehead atoms. The summed E-state index contributed by atoms with van der Waals surface area (Å²) in [4.78, 5) is 13.1. The van der Waals surface area contributed by atoms with Crippen LogP contribution in [-0.4, -0.2) is 15.6 Å². The Labute approximate surface area is 185 Å². The van der Waals surface area contributed by atoms with Crippen LogP contribution in [0.5, 0.6) is 5.75 Å². The Morgan fingerprint density at radius 1 is 0.812 bits per heavy atom. The smallest absolute Gasteiger partial charge is 0.170 e. The third-order valence-electron chi connectivity index (χ3n) is 5.97. The maximum atomic E-state index is 13.1. The Kier molecular flexibility index (Phi) is 4.36. The first-order valence-corrected chi connectivity index (χ1v) is 10.7. The number of carbonyl (C=O) groups excluding carboxylic acids is 1. The second-order valence-corrected chi connectivity index (χ2v) is 7.98. The van der Waals surface area contributed by atoms with E-state index < -0.39 is 6.10 Å². The fraction of sp³-hybridized carbons (Fsp3) is 0.0714. The van der Waals surface area contributed by atoms with Crippen molar-refractivity contribution in [3.05, 3.63) is 114 Å². The van der Waals surface area contributed by atoms with Crippen molar-refractivity contribution in [2.24, 2.45) is 0 Å². The zero-order chi connectivity index (χ0) is 21.5. The number of fused-ring (bicyclic) bond motifs is 3. The third-order valence-corrected chi connectivity index (χ3v) is 5.97. The summed E-state index contributed by atoms with van der Waals surface area (Å²) < 4.78 is 8.40. The molecule has 32 heavy (non-hydrogen) atoms. The molecular weight excluding hydrogens is 396 g/mol. The molecule has 4 heteroatoms. The molecular formula is C28H20N2O2. The number of rotatable bonds is 3. The number of para-hydroxylation sites is 1. The van der Waals surface area contributed by atoms with E-state index in [1.807, 2.05) is 108 Å². The van der Waals surface area contributed by atoms with Crippen LogP contribution in [0.2, 0.25) is 0 Å². The van der Waals surface area contributed by atoms with Gasteiger partial charge in [-0.1, -0.05) is 78.9 Å². The first-order valence-electron chi connectivity index (χ1n) is 10.7. The number of hydrogen-bond acceptors (Lipinski definition) is 3. The molecule has 0 saturated heterocycles. The van der Waals surface area contributed by atoms with E-state index in [4.69, 9.17) is 9.84 Å². The number of carbonyl (C=O) groups is 1. The van der Waals surface area contributed by atoms with Gasteiger partial charge in [0.2, 0.25) is 0 Å². The molecule has 0 aliphatic carbocycles. The summed E-state index contributed by atoms with van der Waals surface area (Å²) in [6, 6.07) is 31.9. The largest absolute Gasteiger partial charge is 0.484 e. The highest BCUT2D eigenvalue weighted by atomic mass is 16.5. The fourth-order valence-electron chi connectivity index (χ4n) is 4.38. The molecule has 1 aliphatic rings. The fourth-order valence-corrected chi connectivity index (χ4v) is 4.38. The molecule has 2 heterocycles.